The first-order valence-corrected chi connectivity index (χ1v) is 12.2. The number of carboxylic acid groups (broad SMARTS) is 1. The molecule has 2 aromatic carbocycles. The number of hydrazone groups is 1. The fourth-order valence-corrected chi connectivity index (χ4v) is 5.05. The fourth-order valence-electron chi connectivity index (χ4n) is 5.05. The van der Waals surface area contributed by atoms with E-state index in [4.69, 9.17) is 29.2 Å². The first-order chi connectivity index (χ1) is 17.9. The molecule has 1 amide bonds. The van der Waals surface area contributed by atoms with Gasteiger partial charge in [0.05, 0.1) is 46.6 Å². The van der Waals surface area contributed by atoms with Crippen LogP contribution < -0.4 is 18.9 Å². The number of rotatable bonds is 9. The lowest BCUT2D eigenvalue weighted by Crippen LogP contribution is -2.32. The van der Waals surface area contributed by atoms with E-state index in [1.807, 2.05) is 36.4 Å². The van der Waals surface area contributed by atoms with Crippen molar-refractivity contribution in [2.24, 2.45) is 11.0 Å². The minimum atomic E-state index is -1.02. The van der Waals surface area contributed by atoms with Gasteiger partial charge in [0.25, 0.3) is 0 Å². The van der Waals surface area contributed by atoms with Crippen LogP contribution in [0.25, 0.3) is 6.08 Å². The van der Waals surface area contributed by atoms with Crippen LogP contribution in [0.3, 0.4) is 0 Å². The molecule has 37 heavy (non-hydrogen) atoms. The van der Waals surface area contributed by atoms with E-state index in [2.05, 4.69) is 6.08 Å². The maximum absolute atomic E-state index is 13.2. The predicted molar refractivity (Wildman–Crippen MR) is 138 cm³/mol. The molecule has 1 heterocycles. The highest BCUT2D eigenvalue weighted by molar-refractivity contribution is 6.08. The molecule has 1 saturated carbocycles. The van der Waals surface area contributed by atoms with Gasteiger partial charge >= 0.3 is 5.97 Å². The van der Waals surface area contributed by atoms with E-state index in [-0.39, 0.29) is 30.7 Å². The summed E-state index contributed by atoms with van der Waals surface area (Å²) < 4.78 is 21.7. The largest absolute Gasteiger partial charge is 0.493 e. The summed E-state index contributed by atoms with van der Waals surface area (Å²) in [7, 11) is 6.33. The highest BCUT2D eigenvalue weighted by Gasteiger charge is 2.43. The van der Waals surface area contributed by atoms with Crippen LogP contribution in [0.4, 0.5) is 0 Å². The molecule has 2 atom stereocenters. The highest BCUT2D eigenvalue weighted by Crippen LogP contribution is 2.46. The molecule has 0 saturated heterocycles. The summed E-state index contributed by atoms with van der Waals surface area (Å²) in [6.45, 7) is 0. The molecular formula is C28H32N2O7. The molecule has 4 rings (SSSR count). The van der Waals surface area contributed by atoms with Crippen molar-refractivity contribution in [3.05, 3.63) is 53.1 Å². The van der Waals surface area contributed by atoms with E-state index in [0.29, 0.717) is 23.0 Å². The number of ether oxygens (including phenoxy) is 4. The summed E-state index contributed by atoms with van der Waals surface area (Å²) in [5.41, 5.74) is 3.69. The third-order valence-corrected chi connectivity index (χ3v) is 6.81. The van der Waals surface area contributed by atoms with E-state index in [0.717, 1.165) is 41.7 Å². The fraction of sp³-hybridized carbons (Fsp3) is 0.393. The van der Waals surface area contributed by atoms with Crippen LogP contribution in [-0.4, -0.2) is 56.1 Å². The minimum absolute atomic E-state index is 0.0352. The molecule has 2 aromatic rings. The van der Waals surface area contributed by atoms with Gasteiger partial charge in [-0.05, 0) is 66.3 Å². The van der Waals surface area contributed by atoms with E-state index in [1.54, 1.807) is 28.4 Å². The number of amides is 1. The molecule has 0 bridgehead atoms. The number of carbonyl (C=O) groups is 2. The summed E-state index contributed by atoms with van der Waals surface area (Å²) in [5.74, 6) is 1.05. The summed E-state index contributed by atoms with van der Waals surface area (Å²) in [6, 6.07) is 10.9. The summed E-state index contributed by atoms with van der Waals surface area (Å²) in [4.78, 5) is 24.4. The van der Waals surface area contributed by atoms with Gasteiger partial charge in [0.2, 0.25) is 5.91 Å². The highest BCUT2D eigenvalue weighted by atomic mass is 16.5. The maximum atomic E-state index is 13.2. The number of hydrogen-bond donors (Lipinski definition) is 1. The van der Waals surface area contributed by atoms with Crippen molar-refractivity contribution in [1.82, 2.24) is 5.01 Å². The average Bonchev–Trinajstić information content (AvgIpc) is 3.32. The number of aliphatic carboxylic acids is 1. The van der Waals surface area contributed by atoms with Crippen molar-refractivity contribution in [3.63, 3.8) is 0 Å². The lowest BCUT2D eigenvalue weighted by atomic mass is 9.77. The molecule has 9 heteroatoms. The van der Waals surface area contributed by atoms with Crippen molar-refractivity contribution in [1.29, 1.82) is 0 Å². The zero-order valence-corrected chi connectivity index (χ0v) is 21.5. The second kappa shape index (κ2) is 11.4. The van der Waals surface area contributed by atoms with Crippen LogP contribution >= 0.6 is 0 Å². The molecule has 0 aromatic heterocycles. The third-order valence-electron chi connectivity index (χ3n) is 6.81. The molecule has 0 spiro atoms. The third kappa shape index (κ3) is 5.40. The zero-order chi connectivity index (χ0) is 26.5. The first kappa shape index (κ1) is 26.1. The van der Waals surface area contributed by atoms with Crippen LogP contribution in [0.5, 0.6) is 23.0 Å². The van der Waals surface area contributed by atoms with Crippen LogP contribution in [0.1, 0.15) is 49.3 Å². The lowest BCUT2D eigenvalue weighted by Gasteiger charge is -2.30. The Labute approximate surface area is 216 Å². The Hall–Kier alpha value is -4.01. The molecule has 2 aliphatic rings. The first-order valence-electron chi connectivity index (χ1n) is 12.2. The van der Waals surface area contributed by atoms with Crippen molar-refractivity contribution in [2.45, 2.75) is 38.1 Å². The standard InChI is InChI=1S/C28H32N2O7/c1-34-21-10-8-17(15-23(21)36-3)14-18-6-5-7-20-27(18)29-30(25(31)12-13-26(32)33)28(20)19-9-11-22(35-2)24(16-19)37-4/h8-11,14-16,20,28H,5-7,12-13H2,1-4H3,(H,32,33)/b18-14+/t20-,28-/m1/s1. The Bertz CT molecular complexity index is 1240. The molecule has 1 aliphatic heterocycles. The van der Waals surface area contributed by atoms with E-state index in [1.165, 1.54) is 5.01 Å². The SMILES string of the molecule is COc1ccc(/C=C2\CCC[C@@H]3C2=NN(C(=O)CCC(=O)O)[C@@H]3c2ccc(OC)c(OC)c2)cc1OC. The summed E-state index contributed by atoms with van der Waals surface area (Å²) in [6.07, 6.45) is 4.30. The Morgan fingerprint density at radius 1 is 0.946 bits per heavy atom. The molecule has 0 unspecified atom stereocenters. The summed E-state index contributed by atoms with van der Waals surface area (Å²) in [5, 5.41) is 15.4. The molecule has 9 nitrogen and oxygen atoms in total. The number of fused-ring (bicyclic) bond motifs is 1. The summed E-state index contributed by atoms with van der Waals surface area (Å²) >= 11 is 0. The van der Waals surface area contributed by atoms with Crippen molar-refractivity contribution in [2.75, 3.05) is 28.4 Å². The smallest absolute Gasteiger partial charge is 0.303 e. The molecule has 196 valence electrons. The van der Waals surface area contributed by atoms with Gasteiger partial charge in [0.1, 0.15) is 0 Å². The molecule has 1 aliphatic carbocycles. The van der Waals surface area contributed by atoms with Crippen LogP contribution in [0.2, 0.25) is 0 Å². The number of carboxylic acids is 1. The predicted octanol–water partition coefficient (Wildman–Crippen LogP) is 4.71. The van der Waals surface area contributed by atoms with Crippen LogP contribution in [-0.2, 0) is 9.59 Å². The quantitative estimate of drug-likeness (QED) is 0.523. The molecule has 0 radical (unpaired) electrons. The Balaban J connectivity index is 1.74. The van der Waals surface area contributed by atoms with Crippen molar-refractivity contribution < 1.29 is 33.6 Å². The van der Waals surface area contributed by atoms with Gasteiger partial charge in [0.15, 0.2) is 23.0 Å². The number of methoxy groups -OCH3 is 4. The normalized spacial score (nSPS) is 19.7. The van der Waals surface area contributed by atoms with Crippen molar-refractivity contribution >= 4 is 23.7 Å². The number of allylic oxidation sites excluding steroid dienone is 1. The maximum Gasteiger partial charge on any atom is 0.303 e. The van der Waals surface area contributed by atoms with Crippen LogP contribution in [0.15, 0.2) is 47.1 Å². The van der Waals surface area contributed by atoms with Crippen molar-refractivity contribution in [3.8, 4) is 23.0 Å². The van der Waals surface area contributed by atoms with Gasteiger partial charge < -0.3 is 24.1 Å². The monoisotopic (exact) mass is 508 g/mol. The van der Waals surface area contributed by atoms with Gasteiger partial charge in [-0.2, -0.15) is 5.10 Å². The van der Waals surface area contributed by atoms with E-state index in [9.17, 15) is 9.59 Å². The number of benzene rings is 2. The van der Waals surface area contributed by atoms with Gasteiger partial charge in [-0.3, -0.25) is 9.59 Å². The Morgan fingerprint density at radius 3 is 2.24 bits per heavy atom. The molecule has 1 N–H and O–H groups in total. The number of nitrogens with zero attached hydrogens (tertiary/aromatic N) is 2. The average molecular weight is 509 g/mol. The number of carbonyl (C=O) groups excluding carboxylic acids is 1. The van der Waals surface area contributed by atoms with Crippen LogP contribution in [0, 0.1) is 5.92 Å². The van der Waals surface area contributed by atoms with Gasteiger partial charge in [-0.1, -0.05) is 12.1 Å². The van der Waals surface area contributed by atoms with Gasteiger partial charge in [-0.25, -0.2) is 5.01 Å². The lowest BCUT2D eigenvalue weighted by molar-refractivity contribution is -0.141. The Morgan fingerprint density at radius 2 is 1.59 bits per heavy atom. The molecule has 1 fully saturated rings. The van der Waals surface area contributed by atoms with E-state index >= 15 is 0 Å². The molecular weight excluding hydrogens is 476 g/mol. The zero-order valence-electron chi connectivity index (χ0n) is 21.5. The van der Waals surface area contributed by atoms with Gasteiger partial charge in [0, 0.05) is 12.3 Å². The van der Waals surface area contributed by atoms with Gasteiger partial charge in [-0.15, -0.1) is 0 Å². The minimum Gasteiger partial charge on any atom is -0.493 e. The topological polar surface area (TPSA) is 107 Å². The number of hydrogen-bond acceptors (Lipinski definition) is 7. The Kier molecular flexibility index (Phi) is 8.01. The van der Waals surface area contributed by atoms with E-state index < -0.39 is 5.97 Å². The second-order valence-electron chi connectivity index (χ2n) is 8.96. The second-order valence-corrected chi connectivity index (χ2v) is 8.96.